The number of rotatable bonds is 4. The molecule has 70 valence electrons. The lowest BCUT2D eigenvalue weighted by Gasteiger charge is -2.04. The van der Waals surface area contributed by atoms with Gasteiger partial charge in [-0.1, -0.05) is 30.2 Å². The van der Waals surface area contributed by atoms with Crippen LogP contribution in [0.3, 0.4) is 0 Å². The van der Waals surface area contributed by atoms with E-state index >= 15 is 0 Å². The summed E-state index contributed by atoms with van der Waals surface area (Å²) in [4.78, 5) is 0. The van der Waals surface area contributed by atoms with E-state index in [0.717, 1.165) is 5.92 Å². The molecule has 0 saturated heterocycles. The second kappa shape index (κ2) is 6.05. The molecule has 1 unspecified atom stereocenters. The highest BCUT2D eigenvalue weighted by molar-refractivity contribution is 4.98. The second-order valence-corrected chi connectivity index (χ2v) is 4.08. The summed E-state index contributed by atoms with van der Waals surface area (Å²) in [6.45, 7) is 10.9. The molecule has 0 rings (SSSR count). The van der Waals surface area contributed by atoms with Crippen LogP contribution >= 0.6 is 0 Å². The first-order chi connectivity index (χ1) is 5.52. The van der Waals surface area contributed by atoms with Gasteiger partial charge in [0.2, 0.25) is 0 Å². The van der Waals surface area contributed by atoms with E-state index in [9.17, 15) is 0 Å². The number of allylic oxidation sites excluding steroid dienone is 4. The maximum Gasteiger partial charge on any atom is -0.0257 e. The van der Waals surface area contributed by atoms with Gasteiger partial charge in [0, 0.05) is 0 Å². The largest absolute Gasteiger partial charge is 0.0859 e. The average molecular weight is 166 g/mol. The predicted molar refractivity (Wildman–Crippen MR) is 57.3 cm³/mol. The summed E-state index contributed by atoms with van der Waals surface area (Å²) in [6, 6.07) is 0. The fraction of sp³-hybridized carbons (Fsp3) is 0.667. The van der Waals surface area contributed by atoms with Crippen molar-refractivity contribution in [1.29, 1.82) is 0 Å². The van der Waals surface area contributed by atoms with Gasteiger partial charge in [0.05, 0.1) is 0 Å². The van der Waals surface area contributed by atoms with Crippen LogP contribution in [0, 0.1) is 5.92 Å². The lowest BCUT2D eigenvalue weighted by Crippen LogP contribution is -1.89. The van der Waals surface area contributed by atoms with Gasteiger partial charge in [-0.25, -0.2) is 0 Å². The van der Waals surface area contributed by atoms with Crippen LogP contribution in [0.1, 0.15) is 47.5 Å². The van der Waals surface area contributed by atoms with E-state index in [4.69, 9.17) is 0 Å². The highest BCUT2D eigenvalue weighted by atomic mass is 14.0. The van der Waals surface area contributed by atoms with Crippen LogP contribution in [0.4, 0.5) is 0 Å². The molecule has 1 atom stereocenters. The van der Waals surface area contributed by atoms with Gasteiger partial charge >= 0.3 is 0 Å². The minimum absolute atomic E-state index is 0.727. The third kappa shape index (κ3) is 7.59. The van der Waals surface area contributed by atoms with Gasteiger partial charge in [0.15, 0.2) is 0 Å². The van der Waals surface area contributed by atoms with Crippen molar-refractivity contribution in [2.24, 2.45) is 5.92 Å². The Morgan fingerprint density at radius 2 is 1.67 bits per heavy atom. The smallest absolute Gasteiger partial charge is 0.0257 e. The van der Waals surface area contributed by atoms with E-state index in [-0.39, 0.29) is 0 Å². The molecule has 0 amide bonds. The molecule has 0 saturated carbocycles. The lowest BCUT2D eigenvalue weighted by atomic mass is 10.0. The molecule has 0 bridgehead atoms. The van der Waals surface area contributed by atoms with Gasteiger partial charge < -0.3 is 0 Å². The zero-order valence-electron chi connectivity index (χ0n) is 9.15. The van der Waals surface area contributed by atoms with E-state index < -0.39 is 0 Å². The highest BCUT2D eigenvalue weighted by Gasteiger charge is 1.95. The van der Waals surface area contributed by atoms with Crippen LogP contribution < -0.4 is 0 Å². The van der Waals surface area contributed by atoms with E-state index in [1.54, 1.807) is 0 Å². The second-order valence-electron chi connectivity index (χ2n) is 4.08. The Morgan fingerprint density at radius 1 is 1.08 bits per heavy atom. The Morgan fingerprint density at radius 3 is 2.08 bits per heavy atom. The van der Waals surface area contributed by atoms with Crippen molar-refractivity contribution in [2.75, 3.05) is 0 Å². The molecule has 0 aromatic rings. The summed E-state index contributed by atoms with van der Waals surface area (Å²) >= 11 is 0. The van der Waals surface area contributed by atoms with Crippen LogP contribution in [-0.2, 0) is 0 Å². The van der Waals surface area contributed by atoms with E-state index in [1.165, 1.54) is 24.0 Å². The zero-order valence-corrected chi connectivity index (χ0v) is 9.15. The maximum atomic E-state index is 2.35. The molecule has 0 heterocycles. The molecule has 0 heteroatoms. The van der Waals surface area contributed by atoms with E-state index in [1.807, 2.05) is 0 Å². The Balaban J connectivity index is 3.65. The first-order valence-corrected chi connectivity index (χ1v) is 4.80. The maximum absolute atomic E-state index is 2.35. The van der Waals surface area contributed by atoms with Crippen molar-refractivity contribution < 1.29 is 0 Å². The molecule has 0 fully saturated rings. The van der Waals surface area contributed by atoms with Gasteiger partial charge in [-0.15, -0.1) is 0 Å². The van der Waals surface area contributed by atoms with Crippen molar-refractivity contribution in [3.8, 4) is 0 Å². The molecular weight excluding hydrogens is 144 g/mol. The Labute approximate surface area is 77.4 Å². The topological polar surface area (TPSA) is 0 Å². The molecule has 0 aromatic heterocycles. The van der Waals surface area contributed by atoms with Gasteiger partial charge in [-0.2, -0.15) is 0 Å². The molecule has 0 spiro atoms. The summed E-state index contributed by atoms with van der Waals surface area (Å²) < 4.78 is 0. The van der Waals surface area contributed by atoms with Crippen LogP contribution in [0.25, 0.3) is 0 Å². The fourth-order valence-corrected chi connectivity index (χ4v) is 1.29. The molecule has 12 heavy (non-hydrogen) atoms. The van der Waals surface area contributed by atoms with Crippen molar-refractivity contribution in [3.63, 3.8) is 0 Å². The molecule has 0 aliphatic heterocycles. The van der Waals surface area contributed by atoms with Crippen LogP contribution in [0.2, 0.25) is 0 Å². The lowest BCUT2D eigenvalue weighted by molar-refractivity contribution is 0.652. The molecule has 0 nitrogen and oxygen atoms in total. The summed E-state index contributed by atoms with van der Waals surface area (Å²) in [5, 5.41) is 0. The molecule has 0 aliphatic carbocycles. The number of hydrogen-bond acceptors (Lipinski definition) is 0. The van der Waals surface area contributed by atoms with Crippen LogP contribution in [-0.4, -0.2) is 0 Å². The van der Waals surface area contributed by atoms with Crippen molar-refractivity contribution in [3.05, 3.63) is 23.3 Å². The number of hydrogen-bond donors (Lipinski definition) is 0. The summed E-state index contributed by atoms with van der Waals surface area (Å²) in [5.41, 5.74) is 2.86. The molecule has 0 aromatic carbocycles. The van der Waals surface area contributed by atoms with Crippen LogP contribution in [0.5, 0.6) is 0 Å². The Bertz CT molecular complexity index is 164. The monoisotopic (exact) mass is 166 g/mol. The first-order valence-electron chi connectivity index (χ1n) is 4.80. The van der Waals surface area contributed by atoms with E-state index in [0.29, 0.717) is 0 Å². The Hall–Kier alpha value is -0.520. The molecule has 0 aliphatic rings. The minimum Gasteiger partial charge on any atom is -0.0859 e. The van der Waals surface area contributed by atoms with Gasteiger partial charge in [0.25, 0.3) is 0 Å². The van der Waals surface area contributed by atoms with E-state index in [2.05, 4.69) is 46.8 Å². The molecule has 0 radical (unpaired) electrons. The normalized spacial score (nSPS) is 12.1. The van der Waals surface area contributed by atoms with Gasteiger partial charge in [-0.3, -0.25) is 0 Å². The van der Waals surface area contributed by atoms with Crippen molar-refractivity contribution >= 4 is 0 Å². The van der Waals surface area contributed by atoms with Crippen molar-refractivity contribution in [2.45, 2.75) is 47.5 Å². The van der Waals surface area contributed by atoms with Crippen LogP contribution in [0.15, 0.2) is 23.3 Å². The predicted octanol–water partition coefficient (Wildman–Crippen LogP) is 4.34. The average Bonchev–Trinajstić information content (AvgIpc) is 1.84. The quantitative estimate of drug-likeness (QED) is 0.545. The SMILES string of the molecule is CC(C)=CCCC(C)C=C(C)C. The third-order valence-electron chi connectivity index (χ3n) is 1.79. The minimum atomic E-state index is 0.727. The standard InChI is InChI=1S/C12H22/c1-10(2)7-6-8-12(5)9-11(3)4/h7,9,12H,6,8H2,1-5H3. The third-order valence-corrected chi connectivity index (χ3v) is 1.79. The van der Waals surface area contributed by atoms with Crippen molar-refractivity contribution in [1.82, 2.24) is 0 Å². The zero-order chi connectivity index (χ0) is 9.56. The first kappa shape index (κ1) is 11.5. The highest BCUT2D eigenvalue weighted by Crippen LogP contribution is 2.10. The summed E-state index contributed by atoms with van der Waals surface area (Å²) in [5.74, 6) is 0.727. The Kier molecular flexibility index (Phi) is 5.79. The molecular formula is C12H22. The molecule has 0 N–H and O–H groups in total. The fourth-order valence-electron chi connectivity index (χ4n) is 1.29. The summed E-state index contributed by atoms with van der Waals surface area (Å²) in [6.07, 6.45) is 7.15. The van der Waals surface area contributed by atoms with Gasteiger partial charge in [0.1, 0.15) is 0 Å². The summed E-state index contributed by atoms with van der Waals surface area (Å²) in [7, 11) is 0. The van der Waals surface area contributed by atoms with Gasteiger partial charge in [-0.05, 0) is 46.5 Å².